The average molecular weight is 560 g/mol. The minimum absolute atomic E-state index is 0.0167. The summed E-state index contributed by atoms with van der Waals surface area (Å²) in [5, 5.41) is 7.28. The highest BCUT2D eigenvalue weighted by Crippen LogP contribution is 2.48. The minimum atomic E-state index is -3.45. The first-order chi connectivity index (χ1) is 17.9. The third-order valence-corrected chi connectivity index (χ3v) is 9.39. The van der Waals surface area contributed by atoms with E-state index in [4.69, 9.17) is 4.74 Å². The van der Waals surface area contributed by atoms with Gasteiger partial charge < -0.3 is 14.8 Å². The van der Waals surface area contributed by atoms with E-state index in [1.54, 1.807) is 11.6 Å². The summed E-state index contributed by atoms with van der Waals surface area (Å²) in [6.45, 7) is -0.601. The highest BCUT2D eigenvalue weighted by molar-refractivity contribution is 7.91. The SMILES string of the molecule is C[C@]1(NC(=O)C2Cc3c(c(-c4cccc(OC(F)F)c4)nn3C3CCOCC3)C(F)(F)C2)CCS(=O)(=O)C1. The monoisotopic (exact) mass is 559 g/mol. The molecule has 13 heteroatoms. The van der Waals surface area contributed by atoms with E-state index in [0.29, 0.717) is 26.1 Å². The van der Waals surface area contributed by atoms with Crippen molar-refractivity contribution in [1.82, 2.24) is 15.1 Å². The van der Waals surface area contributed by atoms with Gasteiger partial charge in [-0.1, -0.05) is 12.1 Å². The summed E-state index contributed by atoms with van der Waals surface area (Å²) in [6, 6.07) is 5.26. The molecule has 1 amide bonds. The van der Waals surface area contributed by atoms with Crippen LogP contribution in [0.3, 0.4) is 0 Å². The molecule has 208 valence electrons. The lowest BCUT2D eigenvalue weighted by atomic mass is 9.81. The van der Waals surface area contributed by atoms with Gasteiger partial charge in [0.1, 0.15) is 11.4 Å². The largest absolute Gasteiger partial charge is 0.435 e. The molecule has 1 unspecified atom stereocenters. The molecule has 2 saturated heterocycles. The van der Waals surface area contributed by atoms with E-state index in [-0.39, 0.29) is 58.7 Å². The molecule has 0 radical (unpaired) electrons. The Balaban J connectivity index is 1.52. The number of aromatic nitrogens is 2. The smallest absolute Gasteiger partial charge is 0.387 e. The van der Waals surface area contributed by atoms with Crippen molar-refractivity contribution in [2.24, 2.45) is 5.92 Å². The predicted octanol–water partition coefficient (Wildman–Crippen LogP) is 3.85. The van der Waals surface area contributed by atoms with Gasteiger partial charge in [-0.2, -0.15) is 13.9 Å². The number of alkyl halides is 4. The van der Waals surface area contributed by atoms with E-state index in [2.05, 4.69) is 15.2 Å². The van der Waals surface area contributed by atoms with Crippen LogP contribution in [0.5, 0.6) is 5.75 Å². The minimum Gasteiger partial charge on any atom is -0.435 e. The molecule has 8 nitrogen and oxygen atoms in total. The Bertz CT molecular complexity index is 1330. The Labute approximate surface area is 217 Å². The molecular formula is C25H29F4N3O5S. The summed E-state index contributed by atoms with van der Waals surface area (Å²) >= 11 is 0. The Morgan fingerprint density at radius 1 is 1.26 bits per heavy atom. The molecule has 1 aromatic heterocycles. The number of ether oxygens (including phenoxy) is 2. The molecule has 0 bridgehead atoms. The van der Waals surface area contributed by atoms with Gasteiger partial charge in [0.05, 0.1) is 28.6 Å². The summed E-state index contributed by atoms with van der Waals surface area (Å²) in [6.07, 6.45) is 0.503. The number of sulfone groups is 1. The molecule has 3 aliphatic rings. The van der Waals surface area contributed by atoms with Crippen molar-refractivity contribution in [3.05, 3.63) is 35.5 Å². The fraction of sp³-hybridized carbons (Fsp3) is 0.600. The Hall–Kier alpha value is -2.67. The average Bonchev–Trinajstić information content (AvgIpc) is 3.36. The zero-order valence-corrected chi connectivity index (χ0v) is 21.6. The summed E-state index contributed by atoms with van der Waals surface area (Å²) < 4.78 is 92.7. The van der Waals surface area contributed by atoms with Crippen molar-refractivity contribution in [2.45, 2.75) is 63.1 Å². The topological polar surface area (TPSA) is 99.5 Å². The number of carbonyl (C=O) groups is 1. The molecule has 1 aromatic carbocycles. The second kappa shape index (κ2) is 9.82. The van der Waals surface area contributed by atoms with Gasteiger partial charge in [-0.25, -0.2) is 17.2 Å². The summed E-state index contributed by atoms with van der Waals surface area (Å²) in [7, 11) is -3.31. The van der Waals surface area contributed by atoms with Crippen LogP contribution in [0, 0.1) is 5.92 Å². The van der Waals surface area contributed by atoms with Crippen LogP contribution < -0.4 is 10.1 Å². The lowest BCUT2D eigenvalue weighted by Crippen LogP contribution is -2.51. The van der Waals surface area contributed by atoms with E-state index in [9.17, 15) is 22.0 Å². The molecular weight excluding hydrogens is 530 g/mol. The number of fused-ring (bicyclic) bond motifs is 1. The maximum absolute atomic E-state index is 15.9. The van der Waals surface area contributed by atoms with Crippen LogP contribution >= 0.6 is 0 Å². The van der Waals surface area contributed by atoms with Crippen molar-refractivity contribution in [3.8, 4) is 17.0 Å². The maximum Gasteiger partial charge on any atom is 0.387 e. The molecule has 1 aliphatic carbocycles. The van der Waals surface area contributed by atoms with E-state index in [1.165, 1.54) is 24.3 Å². The van der Waals surface area contributed by atoms with Gasteiger partial charge in [-0.3, -0.25) is 9.48 Å². The third kappa shape index (κ3) is 5.40. The van der Waals surface area contributed by atoms with E-state index < -0.39 is 46.2 Å². The molecule has 0 spiro atoms. The summed E-state index contributed by atoms with van der Waals surface area (Å²) in [5.41, 5.74) is -0.951. The first-order valence-corrected chi connectivity index (χ1v) is 14.3. The number of hydrogen-bond donors (Lipinski definition) is 1. The summed E-state index contributed by atoms with van der Waals surface area (Å²) in [5.74, 6) is -5.65. The molecule has 2 atom stereocenters. The molecule has 3 heterocycles. The van der Waals surface area contributed by atoms with Gasteiger partial charge in [-0.05, 0) is 38.3 Å². The van der Waals surface area contributed by atoms with Gasteiger partial charge in [-0.15, -0.1) is 0 Å². The zero-order chi connectivity index (χ0) is 27.3. The number of amides is 1. The first-order valence-electron chi connectivity index (χ1n) is 12.5. The lowest BCUT2D eigenvalue weighted by molar-refractivity contribution is -0.131. The standard InChI is InChI=1S/C25H29F4N3O5S/c1-24(7-10-38(34,35)14-24)30-22(33)16-12-19-20(25(28,29)13-16)21(31-32(19)17-5-8-36-9-6-17)15-3-2-4-18(11-15)37-23(26)27/h2-4,11,16-17,23H,5-10,12-14H2,1H3,(H,30,33)/t16?,24-/m0/s1. The second-order valence-corrected chi connectivity index (χ2v) is 12.8. The highest BCUT2D eigenvalue weighted by Gasteiger charge is 2.50. The van der Waals surface area contributed by atoms with E-state index in [0.717, 1.165) is 0 Å². The van der Waals surface area contributed by atoms with Crippen molar-refractivity contribution in [3.63, 3.8) is 0 Å². The van der Waals surface area contributed by atoms with Crippen LogP contribution in [0.1, 0.15) is 49.9 Å². The van der Waals surface area contributed by atoms with Crippen LogP contribution in [0.2, 0.25) is 0 Å². The van der Waals surface area contributed by atoms with Crippen molar-refractivity contribution in [2.75, 3.05) is 24.7 Å². The molecule has 38 heavy (non-hydrogen) atoms. The van der Waals surface area contributed by atoms with Gasteiger partial charge >= 0.3 is 6.61 Å². The first kappa shape index (κ1) is 26.9. The number of benzene rings is 1. The Kier molecular flexibility index (Phi) is 6.95. The molecule has 0 saturated carbocycles. The Morgan fingerprint density at radius 3 is 2.66 bits per heavy atom. The number of rotatable bonds is 6. The second-order valence-electron chi connectivity index (χ2n) is 10.6. The van der Waals surface area contributed by atoms with E-state index >= 15 is 8.78 Å². The fourth-order valence-corrected chi connectivity index (χ4v) is 7.81. The zero-order valence-electron chi connectivity index (χ0n) is 20.8. The van der Waals surface area contributed by atoms with E-state index in [1.807, 2.05) is 0 Å². The summed E-state index contributed by atoms with van der Waals surface area (Å²) in [4.78, 5) is 13.2. The highest BCUT2D eigenvalue weighted by atomic mass is 32.2. The van der Waals surface area contributed by atoms with Gasteiger partial charge in [0.2, 0.25) is 5.91 Å². The number of nitrogens with one attached hydrogen (secondary N) is 1. The van der Waals surface area contributed by atoms with Crippen molar-refractivity contribution in [1.29, 1.82) is 0 Å². The van der Waals surface area contributed by atoms with Gasteiger partial charge in [0.25, 0.3) is 5.92 Å². The fourth-order valence-electron chi connectivity index (χ4n) is 5.71. The number of halogens is 4. The quantitative estimate of drug-likeness (QED) is 0.540. The van der Waals surface area contributed by atoms with Crippen LogP contribution in [-0.4, -0.2) is 61.0 Å². The van der Waals surface area contributed by atoms with Crippen molar-refractivity contribution < 1.29 is 40.2 Å². The molecule has 1 N–H and O–H groups in total. The molecule has 5 rings (SSSR count). The molecule has 2 fully saturated rings. The third-order valence-electron chi connectivity index (χ3n) is 7.49. The number of hydrogen-bond acceptors (Lipinski definition) is 6. The van der Waals surface area contributed by atoms with Crippen molar-refractivity contribution >= 4 is 15.7 Å². The van der Waals surface area contributed by atoms with Gasteiger partial charge in [0, 0.05) is 43.2 Å². The predicted molar refractivity (Wildman–Crippen MR) is 129 cm³/mol. The molecule has 2 aliphatic heterocycles. The van der Waals surface area contributed by atoms with Gasteiger partial charge in [0.15, 0.2) is 9.84 Å². The number of carbonyl (C=O) groups excluding carboxylic acids is 1. The van der Waals surface area contributed by atoms with Crippen LogP contribution in [-0.2, 0) is 31.7 Å². The lowest BCUT2D eigenvalue weighted by Gasteiger charge is -2.33. The van der Waals surface area contributed by atoms with Crippen LogP contribution in [0.4, 0.5) is 17.6 Å². The maximum atomic E-state index is 15.9. The molecule has 2 aromatic rings. The Morgan fingerprint density at radius 2 is 2.00 bits per heavy atom. The van der Waals surface area contributed by atoms with Crippen LogP contribution in [0.25, 0.3) is 11.3 Å². The van der Waals surface area contributed by atoms with Crippen LogP contribution in [0.15, 0.2) is 24.3 Å². The number of nitrogens with zero attached hydrogens (tertiary/aromatic N) is 2. The normalized spacial score (nSPS) is 26.7.